The van der Waals surface area contributed by atoms with Gasteiger partial charge in [-0.15, -0.1) is 0 Å². The molecule has 29 heavy (non-hydrogen) atoms. The van der Waals surface area contributed by atoms with Gasteiger partial charge >= 0.3 is 0 Å². The van der Waals surface area contributed by atoms with Crippen LogP contribution in [0.1, 0.15) is 23.2 Å². The quantitative estimate of drug-likeness (QED) is 0.548. The molecule has 3 aromatic rings. The van der Waals surface area contributed by atoms with Crippen molar-refractivity contribution >= 4 is 0 Å². The molecular weight excluding hydrogens is 369 g/mol. The maximum atomic E-state index is 14.6. The van der Waals surface area contributed by atoms with Gasteiger partial charge < -0.3 is 14.6 Å². The third-order valence-corrected chi connectivity index (χ3v) is 5.42. The number of nitrogens with zero attached hydrogens (tertiary/aromatic N) is 2. The van der Waals surface area contributed by atoms with Gasteiger partial charge in [0.05, 0.1) is 25.5 Å². The summed E-state index contributed by atoms with van der Waals surface area (Å²) in [7, 11) is 1.54. The number of imidazole rings is 1. The minimum atomic E-state index is -0.256. The summed E-state index contributed by atoms with van der Waals surface area (Å²) in [5, 5.41) is 3.68. The molecule has 3 N–H and O–H groups in total. The lowest BCUT2D eigenvalue weighted by atomic mass is 9.93. The molecule has 2 heterocycles. The Balaban J connectivity index is 1.47. The highest BCUT2D eigenvalue weighted by Gasteiger charge is 2.30. The third kappa shape index (κ3) is 4.64. The smallest absolute Gasteiger partial charge is 0.131 e. The molecule has 2 aromatic carbocycles. The van der Waals surface area contributed by atoms with Gasteiger partial charge in [-0.2, -0.15) is 0 Å². The number of rotatable bonds is 8. The average molecular weight is 395 g/mol. The lowest BCUT2D eigenvalue weighted by molar-refractivity contribution is 0.378. The monoisotopic (exact) mass is 395 g/mol. The van der Waals surface area contributed by atoms with Crippen molar-refractivity contribution in [3.8, 4) is 5.75 Å². The third-order valence-electron chi connectivity index (χ3n) is 5.42. The number of hydrogen-bond acceptors (Lipinski definition) is 5. The Morgan fingerprint density at radius 1 is 1.28 bits per heavy atom. The van der Waals surface area contributed by atoms with Crippen LogP contribution in [0, 0.1) is 11.7 Å². The lowest BCUT2D eigenvalue weighted by Gasteiger charge is -2.25. The molecule has 4 rings (SSSR count). The minimum Gasteiger partial charge on any atom is -0.497 e. The number of nitrogens with one attached hydrogen (secondary N) is 3. The first-order valence-corrected chi connectivity index (χ1v) is 9.80. The first kappa shape index (κ1) is 19.6. The van der Waals surface area contributed by atoms with Crippen molar-refractivity contribution in [1.82, 2.24) is 25.7 Å². The number of hydrazine groups is 1. The predicted octanol–water partition coefficient (Wildman–Crippen LogP) is 2.83. The van der Waals surface area contributed by atoms with Crippen LogP contribution >= 0.6 is 0 Å². The molecule has 0 spiro atoms. The molecular formula is C22H26FN5O. The minimum absolute atomic E-state index is 0.113. The van der Waals surface area contributed by atoms with Crippen molar-refractivity contribution in [2.75, 3.05) is 20.2 Å². The van der Waals surface area contributed by atoms with E-state index in [0.29, 0.717) is 11.3 Å². The second kappa shape index (κ2) is 9.17. The van der Waals surface area contributed by atoms with Gasteiger partial charge in [0, 0.05) is 49.6 Å². The fraction of sp³-hybridized carbons (Fsp3) is 0.318. The maximum Gasteiger partial charge on any atom is 0.131 e. The van der Waals surface area contributed by atoms with E-state index in [1.807, 2.05) is 30.7 Å². The second-order valence-electron chi connectivity index (χ2n) is 7.28. The van der Waals surface area contributed by atoms with Crippen molar-refractivity contribution < 1.29 is 9.13 Å². The number of hydrogen-bond donors (Lipinski definition) is 3. The Morgan fingerprint density at radius 3 is 2.86 bits per heavy atom. The summed E-state index contributed by atoms with van der Waals surface area (Å²) < 4.78 is 21.8. The highest BCUT2D eigenvalue weighted by atomic mass is 19.1. The predicted molar refractivity (Wildman–Crippen MR) is 110 cm³/mol. The normalized spacial score (nSPS) is 19.9. The topological polar surface area (TPSA) is 63.1 Å². The van der Waals surface area contributed by atoms with Crippen LogP contribution in [-0.4, -0.2) is 29.8 Å². The molecule has 1 fully saturated rings. The van der Waals surface area contributed by atoms with Gasteiger partial charge in [-0.3, -0.25) is 5.43 Å². The fourth-order valence-electron chi connectivity index (χ4n) is 3.82. The van der Waals surface area contributed by atoms with Crippen LogP contribution in [0.3, 0.4) is 0 Å². The fourth-order valence-corrected chi connectivity index (χ4v) is 3.82. The SMILES string of the molecule is COc1ccc(C2NNCC2CNC(Cn2ccnc2)c2ccccc2)c(F)c1. The molecule has 1 aliphatic heterocycles. The molecule has 0 aliphatic carbocycles. The van der Waals surface area contributed by atoms with E-state index < -0.39 is 0 Å². The summed E-state index contributed by atoms with van der Waals surface area (Å²) in [6.45, 7) is 2.28. The zero-order valence-corrected chi connectivity index (χ0v) is 16.4. The van der Waals surface area contributed by atoms with Gasteiger partial charge in [0.15, 0.2) is 0 Å². The van der Waals surface area contributed by atoms with E-state index in [-0.39, 0.29) is 23.8 Å². The van der Waals surface area contributed by atoms with E-state index in [0.717, 1.165) is 19.6 Å². The molecule has 152 valence electrons. The van der Waals surface area contributed by atoms with Crippen LogP contribution in [0.5, 0.6) is 5.75 Å². The Morgan fingerprint density at radius 2 is 2.14 bits per heavy atom. The van der Waals surface area contributed by atoms with E-state index in [1.54, 1.807) is 25.4 Å². The maximum absolute atomic E-state index is 14.6. The zero-order valence-electron chi connectivity index (χ0n) is 16.4. The second-order valence-corrected chi connectivity index (χ2v) is 7.28. The molecule has 3 unspecified atom stereocenters. The van der Waals surface area contributed by atoms with Crippen molar-refractivity contribution in [2.24, 2.45) is 5.92 Å². The Kier molecular flexibility index (Phi) is 6.19. The summed E-state index contributed by atoms with van der Waals surface area (Å²) in [5.41, 5.74) is 8.27. The molecule has 0 bridgehead atoms. The summed E-state index contributed by atoms with van der Waals surface area (Å²) in [4.78, 5) is 4.15. The summed E-state index contributed by atoms with van der Waals surface area (Å²) in [5.74, 6) is 0.469. The van der Waals surface area contributed by atoms with Crippen LogP contribution in [0.25, 0.3) is 0 Å². The van der Waals surface area contributed by atoms with Gasteiger partial charge in [-0.1, -0.05) is 36.4 Å². The number of ether oxygens (including phenoxy) is 1. The van der Waals surface area contributed by atoms with E-state index >= 15 is 0 Å². The van der Waals surface area contributed by atoms with Crippen molar-refractivity contribution in [3.63, 3.8) is 0 Å². The zero-order chi connectivity index (χ0) is 20.1. The Hall–Kier alpha value is -2.74. The van der Waals surface area contributed by atoms with Crippen LogP contribution < -0.4 is 20.9 Å². The van der Waals surface area contributed by atoms with Crippen molar-refractivity contribution in [3.05, 3.63) is 84.2 Å². The van der Waals surface area contributed by atoms with E-state index in [4.69, 9.17) is 4.74 Å². The van der Waals surface area contributed by atoms with Gasteiger partial charge in [0.1, 0.15) is 11.6 Å². The van der Waals surface area contributed by atoms with Crippen LogP contribution in [0.4, 0.5) is 4.39 Å². The van der Waals surface area contributed by atoms with Crippen molar-refractivity contribution in [2.45, 2.75) is 18.6 Å². The van der Waals surface area contributed by atoms with Crippen molar-refractivity contribution in [1.29, 1.82) is 0 Å². The van der Waals surface area contributed by atoms with E-state index in [2.05, 4.69) is 37.9 Å². The number of aromatic nitrogens is 2. The molecule has 3 atom stereocenters. The number of halogens is 1. The largest absolute Gasteiger partial charge is 0.497 e. The molecule has 1 saturated heterocycles. The van der Waals surface area contributed by atoms with Crippen LogP contribution in [0.2, 0.25) is 0 Å². The molecule has 7 heteroatoms. The molecule has 6 nitrogen and oxygen atoms in total. The first-order chi connectivity index (χ1) is 14.2. The van der Waals surface area contributed by atoms with Gasteiger partial charge in [0.2, 0.25) is 0 Å². The van der Waals surface area contributed by atoms with Crippen LogP contribution in [-0.2, 0) is 6.54 Å². The highest BCUT2D eigenvalue weighted by molar-refractivity contribution is 5.31. The number of methoxy groups -OCH3 is 1. The van der Waals surface area contributed by atoms with E-state index in [9.17, 15) is 4.39 Å². The first-order valence-electron chi connectivity index (χ1n) is 9.80. The van der Waals surface area contributed by atoms with Gasteiger partial charge in [-0.05, 0) is 11.6 Å². The summed E-state index contributed by atoms with van der Waals surface area (Å²) in [6, 6.07) is 15.4. The van der Waals surface area contributed by atoms with E-state index in [1.165, 1.54) is 11.6 Å². The molecule has 0 saturated carbocycles. The molecule has 0 amide bonds. The Labute approximate surface area is 170 Å². The highest BCUT2D eigenvalue weighted by Crippen LogP contribution is 2.29. The molecule has 1 aliphatic rings. The lowest BCUT2D eigenvalue weighted by Crippen LogP contribution is -2.33. The summed E-state index contributed by atoms with van der Waals surface area (Å²) >= 11 is 0. The molecule has 1 aromatic heterocycles. The summed E-state index contributed by atoms with van der Waals surface area (Å²) in [6.07, 6.45) is 5.58. The molecule has 0 radical (unpaired) electrons. The Bertz CT molecular complexity index is 903. The average Bonchev–Trinajstić information content (AvgIpc) is 3.43. The number of benzene rings is 2. The van der Waals surface area contributed by atoms with Gasteiger partial charge in [0.25, 0.3) is 0 Å². The van der Waals surface area contributed by atoms with Gasteiger partial charge in [-0.25, -0.2) is 14.8 Å². The standard InChI is InChI=1S/C22H26FN5O/c1-29-18-7-8-19(20(23)11-18)22-17(13-26-27-22)12-25-21(14-28-10-9-24-15-28)16-5-3-2-4-6-16/h2-11,15,17,21-22,25-27H,12-14H2,1H3. The van der Waals surface area contributed by atoms with Crippen LogP contribution in [0.15, 0.2) is 67.3 Å².